The number of imide groups is 1. The molecule has 0 saturated carbocycles. The normalized spacial score (nSPS) is 13.5. The zero-order valence-corrected chi connectivity index (χ0v) is 11.5. The van der Waals surface area contributed by atoms with Crippen LogP contribution in [0.3, 0.4) is 0 Å². The fraction of sp³-hybridized carbons (Fsp3) is 0.0625. The van der Waals surface area contributed by atoms with Gasteiger partial charge in [-0.1, -0.05) is 6.07 Å². The lowest BCUT2D eigenvalue weighted by molar-refractivity contribution is 0.0696. The maximum Gasteiger partial charge on any atom is 0.335 e. The molecule has 1 aliphatic heterocycles. The van der Waals surface area contributed by atoms with Crippen LogP contribution in [0.4, 0.5) is 10.1 Å². The number of nitrogens with zero attached hydrogens (tertiary/aromatic N) is 1. The largest absolute Gasteiger partial charge is 0.478 e. The molecule has 0 spiro atoms. The Labute approximate surface area is 124 Å². The Balaban J connectivity index is 2.14. The minimum absolute atomic E-state index is 0.00793. The molecule has 0 aromatic heterocycles. The van der Waals surface area contributed by atoms with E-state index in [2.05, 4.69) is 0 Å². The van der Waals surface area contributed by atoms with Crippen molar-refractivity contribution in [1.29, 1.82) is 0 Å². The summed E-state index contributed by atoms with van der Waals surface area (Å²) in [5.41, 5.74) is 0.752. The third-order valence-corrected chi connectivity index (χ3v) is 3.55. The van der Waals surface area contributed by atoms with E-state index < -0.39 is 23.6 Å². The van der Waals surface area contributed by atoms with Crippen LogP contribution in [0.1, 0.15) is 36.6 Å². The van der Waals surface area contributed by atoms with Crippen molar-refractivity contribution in [2.45, 2.75) is 6.92 Å². The van der Waals surface area contributed by atoms with Gasteiger partial charge in [0.1, 0.15) is 5.82 Å². The second-order valence-electron chi connectivity index (χ2n) is 4.94. The molecular weight excluding hydrogens is 289 g/mol. The summed E-state index contributed by atoms with van der Waals surface area (Å²) >= 11 is 0. The zero-order valence-electron chi connectivity index (χ0n) is 11.5. The number of fused-ring (bicyclic) bond motifs is 1. The average molecular weight is 299 g/mol. The first-order valence-corrected chi connectivity index (χ1v) is 6.42. The van der Waals surface area contributed by atoms with Crippen LogP contribution in [0.5, 0.6) is 0 Å². The highest BCUT2D eigenvalue weighted by atomic mass is 19.1. The lowest BCUT2D eigenvalue weighted by Gasteiger charge is -2.16. The fourth-order valence-corrected chi connectivity index (χ4v) is 2.42. The second-order valence-corrected chi connectivity index (χ2v) is 4.94. The highest BCUT2D eigenvalue weighted by Crippen LogP contribution is 2.31. The lowest BCUT2D eigenvalue weighted by Crippen LogP contribution is -2.30. The third-order valence-electron chi connectivity index (χ3n) is 3.55. The van der Waals surface area contributed by atoms with E-state index >= 15 is 0 Å². The molecule has 110 valence electrons. The van der Waals surface area contributed by atoms with Crippen molar-refractivity contribution in [1.82, 2.24) is 0 Å². The summed E-state index contributed by atoms with van der Waals surface area (Å²) in [4.78, 5) is 36.7. The maximum absolute atomic E-state index is 13.4. The summed E-state index contributed by atoms with van der Waals surface area (Å²) in [6.45, 7) is 1.65. The van der Waals surface area contributed by atoms with Gasteiger partial charge in [-0.3, -0.25) is 9.59 Å². The number of anilines is 1. The zero-order chi connectivity index (χ0) is 16.0. The van der Waals surface area contributed by atoms with E-state index in [9.17, 15) is 18.8 Å². The van der Waals surface area contributed by atoms with Gasteiger partial charge >= 0.3 is 5.97 Å². The first-order valence-electron chi connectivity index (χ1n) is 6.42. The molecule has 5 nitrogen and oxygen atoms in total. The number of carboxylic acids is 1. The summed E-state index contributed by atoms with van der Waals surface area (Å²) < 4.78 is 13.4. The molecule has 2 amide bonds. The van der Waals surface area contributed by atoms with Gasteiger partial charge in [0, 0.05) is 0 Å². The number of aryl methyl sites for hydroxylation is 1. The van der Waals surface area contributed by atoms with Gasteiger partial charge in [-0.25, -0.2) is 14.1 Å². The number of aromatic carboxylic acids is 1. The van der Waals surface area contributed by atoms with Gasteiger partial charge in [0.25, 0.3) is 11.8 Å². The smallest absolute Gasteiger partial charge is 0.335 e. The summed E-state index contributed by atoms with van der Waals surface area (Å²) in [5, 5.41) is 8.97. The number of benzene rings is 2. The molecule has 22 heavy (non-hydrogen) atoms. The second kappa shape index (κ2) is 4.77. The van der Waals surface area contributed by atoms with Crippen LogP contribution in [0.25, 0.3) is 0 Å². The Morgan fingerprint density at radius 3 is 2.41 bits per heavy atom. The SMILES string of the molecule is Cc1ccc(F)cc1N1C(=O)c2ccc(C(=O)O)cc2C1=O. The molecule has 6 heteroatoms. The van der Waals surface area contributed by atoms with Gasteiger partial charge in [0.15, 0.2) is 0 Å². The Morgan fingerprint density at radius 2 is 1.73 bits per heavy atom. The van der Waals surface area contributed by atoms with Crippen LogP contribution in [0, 0.1) is 12.7 Å². The highest BCUT2D eigenvalue weighted by Gasteiger charge is 2.37. The van der Waals surface area contributed by atoms with E-state index in [1.54, 1.807) is 6.92 Å². The summed E-state index contributed by atoms with van der Waals surface area (Å²) in [6.07, 6.45) is 0. The van der Waals surface area contributed by atoms with Crippen molar-refractivity contribution in [2.75, 3.05) is 4.90 Å². The van der Waals surface area contributed by atoms with E-state index in [-0.39, 0.29) is 22.4 Å². The first kappa shape index (κ1) is 13.9. The monoisotopic (exact) mass is 299 g/mol. The minimum atomic E-state index is -1.19. The van der Waals surface area contributed by atoms with Crippen molar-refractivity contribution < 1.29 is 23.9 Å². The number of carbonyl (C=O) groups is 3. The predicted molar refractivity (Wildman–Crippen MR) is 75.7 cm³/mol. The number of halogens is 1. The number of carbonyl (C=O) groups excluding carboxylic acids is 2. The topological polar surface area (TPSA) is 74.7 Å². The molecule has 0 atom stereocenters. The van der Waals surface area contributed by atoms with E-state index in [4.69, 9.17) is 5.11 Å². The first-order chi connectivity index (χ1) is 10.4. The Bertz CT molecular complexity index is 844. The lowest BCUT2D eigenvalue weighted by atomic mass is 10.1. The van der Waals surface area contributed by atoms with Crippen LogP contribution in [-0.2, 0) is 0 Å². The number of amides is 2. The molecule has 2 aromatic carbocycles. The number of hydrogen-bond donors (Lipinski definition) is 1. The molecule has 1 N–H and O–H groups in total. The summed E-state index contributed by atoms with van der Waals surface area (Å²) in [6, 6.07) is 7.53. The van der Waals surface area contributed by atoms with E-state index in [1.165, 1.54) is 24.3 Å². The van der Waals surface area contributed by atoms with Gasteiger partial charge in [-0.15, -0.1) is 0 Å². The van der Waals surface area contributed by atoms with Crippen molar-refractivity contribution >= 4 is 23.5 Å². The van der Waals surface area contributed by atoms with Crippen LogP contribution in [0.15, 0.2) is 36.4 Å². The molecule has 0 unspecified atom stereocenters. The molecule has 3 rings (SSSR count). The van der Waals surface area contributed by atoms with Crippen LogP contribution in [-0.4, -0.2) is 22.9 Å². The van der Waals surface area contributed by atoms with Crippen molar-refractivity contribution in [3.05, 3.63) is 64.5 Å². The Morgan fingerprint density at radius 1 is 1.05 bits per heavy atom. The molecular formula is C16H10FNO4. The van der Waals surface area contributed by atoms with Crippen LogP contribution < -0.4 is 4.90 Å². The van der Waals surface area contributed by atoms with E-state index in [1.807, 2.05) is 0 Å². The molecule has 0 radical (unpaired) electrons. The van der Waals surface area contributed by atoms with Crippen LogP contribution in [0.2, 0.25) is 0 Å². The van der Waals surface area contributed by atoms with Gasteiger partial charge in [-0.05, 0) is 42.8 Å². The quantitative estimate of drug-likeness (QED) is 0.865. The minimum Gasteiger partial charge on any atom is -0.478 e. The standard InChI is InChI=1S/C16H10FNO4/c1-8-2-4-10(17)7-13(8)18-14(19)11-5-3-9(16(21)22)6-12(11)15(18)20/h2-7H,1H3,(H,21,22). The summed E-state index contributed by atoms with van der Waals surface area (Å²) in [7, 11) is 0. The molecule has 1 aliphatic rings. The van der Waals surface area contributed by atoms with Gasteiger partial charge < -0.3 is 5.11 Å². The van der Waals surface area contributed by atoms with Crippen molar-refractivity contribution in [3.8, 4) is 0 Å². The molecule has 1 heterocycles. The molecule has 0 bridgehead atoms. The molecule has 0 saturated heterocycles. The average Bonchev–Trinajstić information content (AvgIpc) is 2.73. The van der Waals surface area contributed by atoms with Crippen molar-refractivity contribution in [2.24, 2.45) is 0 Å². The van der Waals surface area contributed by atoms with Crippen molar-refractivity contribution in [3.63, 3.8) is 0 Å². The molecule has 0 aliphatic carbocycles. The van der Waals surface area contributed by atoms with E-state index in [0.29, 0.717) is 5.56 Å². The van der Waals surface area contributed by atoms with Gasteiger partial charge in [-0.2, -0.15) is 0 Å². The molecule has 2 aromatic rings. The maximum atomic E-state index is 13.4. The van der Waals surface area contributed by atoms with Gasteiger partial charge in [0.05, 0.1) is 22.4 Å². The predicted octanol–water partition coefficient (Wildman–Crippen LogP) is 2.63. The number of carboxylic acid groups (broad SMARTS) is 1. The Hall–Kier alpha value is -3.02. The molecule has 0 fully saturated rings. The van der Waals surface area contributed by atoms with Crippen LogP contribution >= 0.6 is 0 Å². The summed E-state index contributed by atoms with van der Waals surface area (Å²) in [5.74, 6) is -3.01. The fourth-order valence-electron chi connectivity index (χ4n) is 2.42. The third kappa shape index (κ3) is 1.96. The van der Waals surface area contributed by atoms with Gasteiger partial charge in [0.2, 0.25) is 0 Å². The Kier molecular flexibility index (Phi) is 3.02. The van der Waals surface area contributed by atoms with E-state index in [0.717, 1.165) is 17.0 Å². The highest BCUT2D eigenvalue weighted by molar-refractivity contribution is 6.34. The number of hydrogen-bond acceptors (Lipinski definition) is 3. The number of rotatable bonds is 2.